The van der Waals surface area contributed by atoms with Crippen LogP contribution < -0.4 is 15.0 Å². The van der Waals surface area contributed by atoms with Crippen molar-refractivity contribution in [1.82, 2.24) is 4.98 Å². The van der Waals surface area contributed by atoms with Crippen molar-refractivity contribution in [2.24, 2.45) is 0 Å². The number of pyridine rings is 1. The van der Waals surface area contributed by atoms with Gasteiger partial charge in [-0.05, 0) is 65.9 Å². The predicted molar refractivity (Wildman–Crippen MR) is 150 cm³/mol. The lowest BCUT2D eigenvalue weighted by molar-refractivity contribution is -0.385. The summed E-state index contributed by atoms with van der Waals surface area (Å²) in [4.78, 5) is 42.3. The van der Waals surface area contributed by atoms with Crippen LogP contribution in [0.5, 0.6) is 5.75 Å². The summed E-state index contributed by atoms with van der Waals surface area (Å²) in [6.07, 6.45) is 4.09. The number of halogens is 1. The highest BCUT2D eigenvalue weighted by atomic mass is 79.9. The fourth-order valence-corrected chi connectivity index (χ4v) is 6.19. The molecule has 0 amide bonds. The summed E-state index contributed by atoms with van der Waals surface area (Å²) in [6, 6.07) is 10.8. The van der Waals surface area contributed by atoms with Crippen LogP contribution in [0.1, 0.15) is 35.9 Å². The first-order valence-electron chi connectivity index (χ1n) is 12.3. The van der Waals surface area contributed by atoms with Gasteiger partial charge in [0.25, 0.3) is 5.69 Å². The minimum Gasteiger partial charge on any atom is -0.479 e. The van der Waals surface area contributed by atoms with Crippen molar-refractivity contribution in [3.8, 4) is 16.2 Å². The number of piperidine rings is 1. The molecule has 4 rings (SSSR count). The Morgan fingerprint density at radius 3 is 2.79 bits per heavy atom. The zero-order chi connectivity index (χ0) is 27.9. The molecule has 1 aliphatic heterocycles. The van der Waals surface area contributed by atoms with Gasteiger partial charge in [0.2, 0.25) is 0 Å². The number of thiophene rings is 1. The number of aromatic nitrogens is 1. The summed E-state index contributed by atoms with van der Waals surface area (Å²) in [6.45, 7) is 2.34. The van der Waals surface area contributed by atoms with E-state index in [1.54, 1.807) is 13.0 Å². The molecule has 39 heavy (non-hydrogen) atoms. The lowest BCUT2D eigenvalue weighted by atomic mass is 10.1. The average molecular weight is 619 g/mol. The number of anilines is 2. The molecule has 0 bridgehead atoms. The lowest BCUT2D eigenvalue weighted by Crippen LogP contribution is -2.45. The van der Waals surface area contributed by atoms with Crippen molar-refractivity contribution in [2.45, 2.75) is 32.4 Å². The van der Waals surface area contributed by atoms with Gasteiger partial charge >= 0.3 is 11.9 Å². The molecule has 0 radical (unpaired) electrons. The van der Waals surface area contributed by atoms with Crippen LogP contribution >= 0.6 is 27.3 Å². The van der Waals surface area contributed by atoms with Gasteiger partial charge in [0.15, 0.2) is 17.2 Å². The number of hydrogen-bond donors (Lipinski definition) is 1. The molecule has 1 fully saturated rings. The van der Waals surface area contributed by atoms with Gasteiger partial charge in [-0.25, -0.2) is 14.6 Å². The monoisotopic (exact) mass is 618 g/mol. The number of methoxy groups -OCH3 is 1. The molecule has 1 atom stereocenters. The molecule has 0 spiro atoms. The van der Waals surface area contributed by atoms with Gasteiger partial charge in [0.05, 0.1) is 28.0 Å². The third-order valence-corrected chi connectivity index (χ3v) is 8.24. The number of ether oxygens (including phenoxy) is 3. The molecular weight excluding hydrogens is 592 g/mol. The molecule has 3 heterocycles. The van der Waals surface area contributed by atoms with Crippen molar-refractivity contribution >= 4 is 56.4 Å². The van der Waals surface area contributed by atoms with Crippen LogP contribution in [0.2, 0.25) is 0 Å². The first kappa shape index (κ1) is 28.3. The first-order chi connectivity index (χ1) is 18.8. The Morgan fingerprint density at radius 2 is 2.10 bits per heavy atom. The van der Waals surface area contributed by atoms with Crippen molar-refractivity contribution in [2.75, 3.05) is 37.1 Å². The Bertz CT molecular complexity index is 1350. The molecule has 206 valence electrons. The smallest absolute Gasteiger partial charge is 0.351 e. The van der Waals surface area contributed by atoms with Crippen LogP contribution in [0.25, 0.3) is 10.4 Å². The van der Waals surface area contributed by atoms with Gasteiger partial charge < -0.3 is 24.4 Å². The highest BCUT2D eigenvalue weighted by Crippen LogP contribution is 2.46. The van der Waals surface area contributed by atoms with E-state index in [1.807, 2.05) is 24.3 Å². The van der Waals surface area contributed by atoms with Crippen LogP contribution in [-0.2, 0) is 14.3 Å². The molecule has 2 aromatic heterocycles. The van der Waals surface area contributed by atoms with E-state index in [4.69, 9.17) is 14.2 Å². The predicted octanol–water partition coefficient (Wildman–Crippen LogP) is 5.64. The second-order valence-electron chi connectivity index (χ2n) is 8.55. The molecule has 3 aromatic rings. The van der Waals surface area contributed by atoms with Crippen molar-refractivity contribution in [1.29, 1.82) is 0 Å². The highest BCUT2D eigenvalue weighted by molar-refractivity contribution is 9.10. The van der Waals surface area contributed by atoms with Crippen molar-refractivity contribution in [3.05, 3.63) is 62.1 Å². The molecule has 1 unspecified atom stereocenters. The van der Waals surface area contributed by atoms with Crippen molar-refractivity contribution in [3.63, 3.8) is 0 Å². The summed E-state index contributed by atoms with van der Waals surface area (Å²) < 4.78 is 16.0. The second kappa shape index (κ2) is 12.9. The summed E-state index contributed by atoms with van der Waals surface area (Å²) in [5, 5.41) is 14.6. The summed E-state index contributed by atoms with van der Waals surface area (Å²) in [5.41, 5.74) is 1.62. The molecule has 0 saturated carbocycles. The van der Waals surface area contributed by atoms with Gasteiger partial charge in [-0.1, -0.05) is 12.1 Å². The van der Waals surface area contributed by atoms with Crippen LogP contribution in [0.3, 0.4) is 0 Å². The van der Waals surface area contributed by atoms with Gasteiger partial charge in [-0.15, -0.1) is 11.3 Å². The number of nitrogens with one attached hydrogen (secondary N) is 1. The van der Waals surface area contributed by atoms with Gasteiger partial charge in [0, 0.05) is 18.3 Å². The zero-order valence-electron chi connectivity index (χ0n) is 21.3. The Kier molecular flexibility index (Phi) is 9.36. The summed E-state index contributed by atoms with van der Waals surface area (Å²) in [5.74, 6) is -0.232. The van der Waals surface area contributed by atoms with Gasteiger partial charge in [0.1, 0.15) is 18.2 Å². The number of benzene rings is 1. The Balaban J connectivity index is 1.58. The van der Waals surface area contributed by atoms with Crippen LogP contribution in [0.4, 0.5) is 17.2 Å². The number of carbonyl (C=O) groups excluding carboxylic acids is 2. The number of hydrogen-bond acceptors (Lipinski definition) is 11. The summed E-state index contributed by atoms with van der Waals surface area (Å²) >= 11 is 4.74. The number of esters is 2. The first-order valence-corrected chi connectivity index (χ1v) is 13.9. The second-order valence-corrected chi connectivity index (χ2v) is 10.4. The fourth-order valence-electron chi connectivity index (χ4n) is 4.23. The maximum absolute atomic E-state index is 12.5. The van der Waals surface area contributed by atoms with Crippen LogP contribution in [0, 0.1) is 10.1 Å². The third kappa shape index (κ3) is 6.66. The minimum atomic E-state index is -0.575. The molecule has 1 aromatic carbocycles. The largest absolute Gasteiger partial charge is 0.479 e. The van der Waals surface area contributed by atoms with Gasteiger partial charge in [-0.3, -0.25) is 10.1 Å². The van der Waals surface area contributed by atoms with E-state index >= 15 is 0 Å². The van der Waals surface area contributed by atoms with E-state index in [2.05, 4.69) is 31.1 Å². The molecule has 13 heteroatoms. The molecule has 1 N–H and O–H groups in total. The Morgan fingerprint density at radius 1 is 1.28 bits per heavy atom. The average Bonchev–Trinajstić information content (AvgIpc) is 3.28. The molecular formula is C26H27BrN4O7S. The maximum atomic E-state index is 12.5. The number of carbonyl (C=O) groups is 2. The van der Waals surface area contributed by atoms with E-state index in [0.717, 1.165) is 41.9 Å². The van der Waals surface area contributed by atoms with Gasteiger partial charge in [-0.2, -0.15) is 0 Å². The number of nitrogens with zero attached hydrogens (tertiary/aromatic N) is 3. The normalized spacial score (nSPS) is 14.9. The van der Waals surface area contributed by atoms with E-state index in [-0.39, 0.29) is 35.7 Å². The number of rotatable bonds is 10. The Hall–Kier alpha value is -3.71. The quantitative estimate of drug-likeness (QED) is 0.173. The van der Waals surface area contributed by atoms with Crippen molar-refractivity contribution < 1.29 is 28.7 Å². The summed E-state index contributed by atoms with van der Waals surface area (Å²) in [7, 11) is 1.28. The molecule has 1 saturated heterocycles. The van der Waals surface area contributed by atoms with Crippen LogP contribution in [0.15, 0.2) is 47.1 Å². The maximum Gasteiger partial charge on any atom is 0.351 e. The topological polar surface area (TPSA) is 133 Å². The van der Waals surface area contributed by atoms with E-state index in [0.29, 0.717) is 10.3 Å². The molecule has 1 aliphatic rings. The SMILES string of the molecule is CCOC(=O)COc1c(C(=O)OC)sc(-c2cccc(NC3CCCCN3c3ccc([N+](=O)[O-])cn3)c2)c1Br. The Labute approximate surface area is 237 Å². The number of nitro groups is 1. The highest BCUT2D eigenvalue weighted by Gasteiger charge is 2.27. The van der Waals surface area contributed by atoms with E-state index in [1.165, 1.54) is 30.7 Å². The standard InChI is InChI=1S/C26H27BrN4O7S/c1-3-37-21(32)15-38-23-22(27)24(39-25(23)26(33)36-2)16-7-6-8-17(13-16)29-20-9-4-5-12-30(20)19-11-10-18(14-28-19)31(34)35/h6-8,10-11,13-14,20,29H,3-5,9,12,15H2,1-2H3. The zero-order valence-corrected chi connectivity index (χ0v) is 23.7. The fraction of sp³-hybridized carbons (Fsp3) is 0.346. The minimum absolute atomic E-state index is 0.0496. The molecule has 0 aliphatic carbocycles. The van der Waals surface area contributed by atoms with Crippen LogP contribution in [-0.4, -0.2) is 54.9 Å². The van der Waals surface area contributed by atoms with E-state index < -0.39 is 16.9 Å². The molecule has 11 nitrogen and oxygen atoms in total. The van der Waals surface area contributed by atoms with E-state index in [9.17, 15) is 19.7 Å². The third-order valence-electron chi connectivity index (χ3n) is 6.02. The lowest BCUT2D eigenvalue weighted by Gasteiger charge is -2.37.